The number of carbonyl (C=O) groups excluding carboxylic acids is 3. The van der Waals surface area contributed by atoms with Crippen LogP contribution in [0.2, 0.25) is 0 Å². The Labute approximate surface area is 223 Å². The highest BCUT2D eigenvalue weighted by atomic mass is 16.4. The van der Waals surface area contributed by atoms with Crippen LogP contribution in [0, 0.1) is 0 Å². The molecule has 0 aliphatic carbocycles. The lowest BCUT2D eigenvalue weighted by atomic mass is 10.0. The van der Waals surface area contributed by atoms with Crippen molar-refractivity contribution in [2.45, 2.75) is 56.3 Å². The van der Waals surface area contributed by atoms with E-state index in [4.69, 9.17) is 22.3 Å². The molecular weight excluding hydrogens is 518 g/mol. The maximum absolute atomic E-state index is 13.1. The monoisotopic (exact) mass is 553 g/mol. The number of aliphatic imine (C=N–C) groups is 1. The Balaban J connectivity index is 3.01. The Morgan fingerprint density at radius 2 is 1.41 bits per heavy atom. The van der Waals surface area contributed by atoms with Gasteiger partial charge in [0.2, 0.25) is 17.7 Å². The summed E-state index contributed by atoms with van der Waals surface area (Å²) in [7, 11) is 0. The van der Waals surface area contributed by atoms with E-state index < -0.39 is 66.9 Å². The molecule has 0 bridgehead atoms. The predicted octanol–water partition coefficient (Wildman–Crippen LogP) is -3.29. The zero-order valence-electron chi connectivity index (χ0n) is 21.1. The van der Waals surface area contributed by atoms with Crippen molar-refractivity contribution in [3.8, 4) is 5.75 Å². The minimum absolute atomic E-state index is 0.0265. The van der Waals surface area contributed by atoms with Gasteiger partial charge in [-0.05, 0) is 37.0 Å². The number of benzene rings is 1. The highest BCUT2D eigenvalue weighted by Gasteiger charge is 2.30. The third-order valence-corrected chi connectivity index (χ3v) is 5.39. The number of phenolic OH excluding ortho intramolecular Hbond substituents is 1. The van der Waals surface area contributed by atoms with E-state index in [9.17, 15) is 39.3 Å². The standard InChI is InChI=1S/C23H35N7O9/c24-14(7-8-18(33)34)19(35)30-17(11-31)21(37)29-16(10-12-3-5-13(32)6-4-12)20(36)28-15(22(38)39)2-1-9-27-23(25)26/h3-6,14-17,31-32H,1-2,7-11,24H2,(H,28,36)(H,29,37)(H,30,35)(H,33,34)(H,38,39)(H4,25,26,27). The number of aliphatic carboxylic acids is 2. The Kier molecular flexibility index (Phi) is 13.7. The minimum Gasteiger partial charge on any atom is -0.508 e. The number of hydrogen-bond acceptors (Lipinski definition) is 9. The van der Waals surface area contributed by atoms with Crippen LogP contribution in [0.15, 0.2) is 29.3 Å². The second-order valence-corrected chi connectivity index (χ2v) is 8.56. The number of guanidine groups is 1. The van der Waals surface area contributed by atoms with E-state index in [1.807, 2.05) is 0 Å². The molecule has 16 heteroatoms. The molecule has 0 fully saturated rings. The Morgan fingerprint density at radius 3 is 1.95 bits per heavy atom. The molecule has 1 rings (SSSR count). The van der Waals surface area contributed by atoms with Gasteiger partial charge in [-0.2, -0.15) is 0 Å². The molecule has 4 atom stereocenters. The van der Waals surface area contributed by atoms with Crippen LogP contribution >= 0.6 is 0 Å². The zero-order chi connectivity index (χ0) is 29.5. The van der Waals surface area contributed by atoms with Gasteiger partial charge in [-0.3, -0.25) is 24.2 Å². The summed E-state index contributed by atoms with van der Waals surface area (Å²) >= 11 is 0. The SMILES string of the molecule is NC(N)=NCCCC(NC(=O)C(Cc1ccc(O)cc1)NC(=O)C(CO)NC(=O)C(N)CCC(=O)O)C(=O)O. The van der Waals surface area contributed by atoms with E-state index in [0.717, 1.165) is 0 Å². The number of nitrogens with one attached hydrogen (secondary N) is 3. The molecule has 13 N–H and O–H groups in total. The fraction of sp³-hybridized carbons (Fsp3) is 0.478. The molecular formula is C23H35N7O9. The molecule has 39 heavy (non-hydrogen) atoms. The van der Waals surface area contributed by atoms with Crippen molar-refractivity contribution in [1.29, 1.82) is 0 Å². The summed E-state index contributed by atoms with van der Waals surface area (Å²) in [6.07, 6.45) is -0.544. The summed E-state index contributed by atoms with van der Waals surface area (Å²) in [6.45, 7) is -0.749. The van der Waals surface area contributed by atoms with Gasteiger partial charge in [0.1, 0.15) is 23.9 Å². The van der Waals surface area contributed by atoms with Gasteiger partial charge in [0.15, 0.2) is 5.96 Å². The average molecular weight is 554 g/mol. The molecule has 0 saturated heterocycles. The van der Waals surface area contributed by atoms with Crippen molar-refractivity contribution in [2.75, 3.05) is 13.2 Å². The van der Waals surface area contributed by atoms with Crippen molar-refractivity contribution >= 4 is 35.6 Å². The van der Waals surface area contributed by atoms with Crippen LogP contribution in [0.25, 0.3) is 0 Å². The Morgan fingerprint density at radius 1 is 0.846 bits per heavy atom. The number of aliphatic hydroxyl groups excluding tert-OH is 1. The number of carboxylic acids is 2. The minimum atomic E-state index is -1.54. The molecule has 0 saturated carbocycles. The summed E-state index contributed by atoms with van der Waals surface area (Å²) in [6, 6.07) is 0.167. The molecule has 0 spiro atoms. The number of nitrogens with two attached hydrogens (primary N) is 3. The first-order valence-corrected chi connectivity index (χ1v) is 11.9. The number of hydrogen-bond donors (Lipinski definition) is 10. The van der Waals surface area contributed by atoms with Gasteiger partial charge in [-0.15, -0.1) is 0 Å². The quantitative estimate of drug-likeness (QED) is 0.0516. The first-order chi connectivity index (χ1) is 18.3. The molecule has 1 aromatic carbocycles. The third kappa shape index (κ3) is 12.6. The molecule has 3 amide bonds. The lowest BCUT2D eigenvalue weighted by Crippen LogP contribution is -2.58. The number of phenols is 1. The molecule has 1 aromatic rings. The molecule has 0 heterocycles. The number of carbonyl (C=O) groups is 5. The Hall–Kier alpha value is -4.44. The van der Waals surface area contributed by atoms with E-state index in [1.54, 1.807) is 0 Å². The van der Waals surface area contributed by atoms with Gasteiger partial charge in [-0.1, -0.05) is 12.1 Å². The molecule has 4 unspecified atom stereocenters. The summed E-state index contributed by atoms with van der Waals surface area (Å²) in [5, 5.41) is 44.3. The summed E-state index contributed by atoms with van der Waals surface area (Å²) in [5.74, 6) is -5.46. The number of carboxylic acid groups (broad SMARTS) is 2. The van der Waals surface area contributed by atoms with E-state index >= 15 is 0 Å². The zero-order valence-corrected chi connectivity index (χ0v) is 21.1. The normalized spacial score (nSPS) is 13.7. The number of aliphatic hydroxyl groups is 1. The average Bonchev–Trinajstić information content (AvgIpc) is 2.87. The molecule has 216 valence electrons. The first kappa shape index (κ1) is 32.6. The van der Waals surface area contributed by atoms with Crippen LogP contribution in [-0.4, -0.2) is 93.4 Å². The molecule has 16 nitrogen and oxygen atoms in total. The maximum atomic E-state index is 13.1. The largest absolute Gasteiger partial charge is 0.508 e. The summed E-state index contributed by atoms with van der Waals surface area (Å²) in [4.78, 5) is 64.3. The number of rotatable bonds is 17. The molecule has 0 aliphatic rings. The van der Waals surface area contributed by atoms with Crippen LogP contribution < -0.4 is 33.2 Å². The van der Waals surface area contributed by atoms with Gasteiger partial charge < -0.3 is 53.6 Å². The highest BCUT2D eigenvalue weighted by molar-refractivity contribution is 5.94. The third-order valence-electron chi connectivity index (χ3n) is 5.39. The van der Waals surface area contributed by atoms with Crippen LogP contribution in [0.1, 0.15) is 31.2 Å². The van der Waals surface area contributed by atoms with Gasteiger partial charge in [-0.25, -0.2) is 4.79 Å². The Bertz CT molecular complexity index is 1030. The number of amides is 3. The fourth-order valence-corrected chi connectivity index (χ4v) is 3.27. The van der Waals surface area contributed by atoms with Gasteiger partial charge in [0.05, 0.1) is 12.6 Å². The van der Waals surface area contributed by atoms with Crippen molar-refractivity contribution in [1.82, 2.24) is 16.0 Å². The maximum Gasteiger partial charge on any atom is 0.326 e. The van der Waals surface area contributed by atoms with E-state index in [1.165, 1.54) is 24.3 Å². The lowest BCUT2D eigenvalue weighted by molar-refractivity contribution is -0.142. The van der Waals surface area contributed by atoms with Crippen molar-refractivity contribution in [3.63, 3.8) is 0 Å². The first-order valence-electron chi connectivity index (χ1n) is 11.9. The van der Waals surface area contributed by atoms with Gasteiger partial charge in [0.25, 0.3) is 0 Å². The van der Waals surface area contributed by atoms with Crippen molar-refractivity contribution in [2.24, 2.45) is 22.2 Å². The highest BCUT2D eigenvalue weighted by Crippen LogP contribution is 2.12. The lowest BCUT2D eigenvalue weighted by Gasteiger charge is -2.24. The smallest absolute Gasteiger partial charge is 0.326 e. The van der Waals surface area contributed by atoms with Crippen LogP contribution in [0.5, 0.6) is 5.75 Å². The van der Waals surface area contributed by atoms with Crippen LogP contribution in [0.4, 0.5) is 0 Å². The van der Waals surface area contributed by atoms with Crippen LogP contribution in [0.3, 0.4) is 0 Å². The second-order valence-electron chi connectivity index (χ2n) is 8.56. The fourth-order valence-electron chi connectivity index (χ4n) is 3.27. The second kappa shape index (κ2) is 16.4. The molecule has 0 radical (unpaired) electrons. The number of aromatic hydroxyl groups is 1. The predicted molar refractivity (Wildman–Crippen MR) is 137 cm³/mol. The summed E-state index contributed by atoms with van der Waals surface area (Å²) < 4.78 is 0. The van der Waals surface area contributed by atoms with Crippen molar-refractivity contribution < 1.29 is 44.4 Å². The van der Waals surface area contributed by atoms with E-state index in [2.05, 4.69) is 20.9 Å². The van der Waals surface area contributed by atoms with Crippen LogP contribution in [-0.2, 0) is 30.4 Å². The van der Waals surface area contributed by atoms with E-state index in [0.29, 0.717) is 5.56 Å². The topological polar surface area (TPSA) is 293 Å². The van der Waals surface area contributed by atoms with Gasteiger partial charge in [0, 0.05) is 19.4 Å². The molecule has 0 aliphatic heterocycles. The van der Waals surface area contributed by atoms with E-state index in [-0.39, 0.29) is 43.9 Å². The number of nitrogens with zero attached hydrogens (tertiary/aromatic N) is 1. The van der Waals surface area contributed by atoms with Gasteiger partial charge >= 0.3 is 11.9 Å². The summed E-state index contributed by atoms with van der Waals surface area (Å²) in [5.41, 5.74) is 16.6. The van der Waals surface area contributed by atoms with Crippen molar-refractivity contribution in [3.05, 3.63) is 29.8 Å². The molecule has 0 aromatic heterocycles.